The molecule has 2 fully saturated rings. The summed E-state index contributed by atoms with van der Waals surface area (Å²) in [6.07, 6.45) is 6.48. The van der Waals surface area contributed by atoms with Gasteiger partial charge in [0.25, 0.3) is 23.6 Å². The van der Waals surface area contributed by atoms with E-state index < -0.39 is 22.9 Å². The van der Waals surface area contributed by atoms with Crippen molar-refractivity contribution in [1.82, 2.24) is 82.9 Å². The van der Waals surface area contributed by atoms with Gasteiger partial charge in [-0.1, -0.05) is 69.3 Å². The quantitative estimate of drug-likeness (QED) is 0.0429. The van der Waals surface area contributed by atoms with E-state index >= 15 is 0 Å². The lowest BCUT2D eigenvalue weighted by molar-refractivity contribution is -0.131. The van der Waals surface area contributed by atoms with Crippen molar-refractivity contribution in [2.75, 3.05) is 52.4 Å². The molecular formula is C69H88N18O6. The Morgan fingerprint density at radius 3 is 1.19 bits per heavy atom. The highest BCUT2D eigenvalue weighted by atomic mass is 16.2. The molecule has 0 radical (unpaired) electrons. The summed E-state index contributed by atoms with van der Waals surface area (Å²) in [5.74, 6) is 0.251. The molecule has 2 aliphatic heterocycles. The number of hydrogen-bond acceptors (Lipinski definition) is 16. The molecule has 10 rings (SSSR count). The van der Waals surface area contributed by atoms with Crippen LogP contribution in [0.2, 0.25) is 0 Å². The normalized spacial score (nSPS) is 17.5. The highest BCUT2D eigenvalue weighted by Crippen LogP contribution is 2.50. The molecular weight excluding hydrogens is 1180 g/mol. The predicted octanol–water partition coefficient (Wildman–Crippen LogP) is 5.69. The largest absolute Gasteiger partial charge is 0.352 e. The van der Waals surface area contributed by atoms with E-state index in [1.807, 2.05) is 100 Å². The van der Waals surface area contributed by atoms with Crippen LogP contribution >= 0.6 is 0 Å². The number of rotatable bonds is 21. The summed E-state index contributed by atoms with van der Waals surface area (Å²) >= 11 is 0. The van der Waals surface area contributed by atoms with E-state index in [0.717, 1.165) is 57.3 Å². The van der Waals surface area contributed by atoms with E-state index in [-0.39, 0.29) is 71.9 Å². The van der Waals surface area contributed by atoms with Gasteiger partial charge in [-0.2, -0.15) is 21.0 Å². The van der Waals surface area contributed by atoms with Crippen LogP contribution in [0.1, 0.15) is 198 Å². The van der Waals surface area contributed by atoms with Crippen LogP contribution in [0.25, 0.3) is 0 Å². The van der Waals surface area contributed by atoms with Crippen molar-refractivity contribution in [1.29, 1.82) is 10.5 Å². The van der Waals surface area contributed by atoms with Crippen LogP contribution in [-0.2, 0) is 46.1 Å². The van der Waals surface area contributed by atoms with Crippen LogP contribution in [0.15, 0.2) is 72.8 Å². The highest BCUT2D eigenvalue weighted by molar-refractivity contribution is 5.96. The minimum absolute atomic E-state index is 0.0778. The SMILES string of the molecule is CCNC(=O)c1ccc2c(c1)CCc1cc(C(=O)NCC)ccc1C2(C[C@@H](NCC(=O)N1CCC[C@H]1C#N)C(C)(C)C)c1nn[nH]n1.CCNC(=O)c1ccc2c(c1)CCc1cc(C(=O)NCC)ccc1C2(C[C@@H](NCC(=O)N1CCC[C@H]1C#N)C(C)C)c1nn[nH]n1. The number of carbonyl (C=O) groups is 6. The Morgan fingerprint density at radius 2 is 0.892 bits per heavy atom. The topological polar surface area (TPSA) is 338 Å². The number of H-pyrrole nitrogens is 2. The number of fused-ring (bicyclic) bond motifs is 4. The number of nitriles is 2. The number of aromatic amines is 2. The minimum Gasteiger partial charge on any atom is -0.352 e. The average Bonchev–Trinajstić information content (AvgIpc) is 1.70. The van der Waals surface area contributed by atoms with Gasteiger partial charge in [0, 0.05) is 73.6 Å². The summed E-state index contributed by atoms with van der Waals surface area (Å²) in [5.41, 5.74) is 7.78. The third-order valence-corrected chi connectivity index (χ3v) is 18.8. The molecule has 0 unspecified atom stereocenters. The van der Waals surface area contributed by atoms with E-state index in [9.17, 15) is 39.3 Å². The van der Waals surface area contributed by atoms with Crippen molar-refractivity contribution in [3.05, 3.63) is 151 Å². The van der Waals surface area contributed by atoms with Gasteiger partial charge in [0.1, 0.15) is 12.1 Å². The molecule has 8 N–H and O–H groups in total. The second-order valence-corrected chi connectivity index (χ2v) is 25.9. The maximum atomic E-state index is 13.4. The molecule has 24 heteroatoms. The van der Waals surface area contributed by atoms with Crippen molar-refractivity contribution < 1.29 is 28.8 Å². The predicted molar refractivity (Wildman–Crippen MR) is 349 cm³/mol. The number of hydrogen-bond donors (Lipinski definition) is 8. The van der Waals surface area contributed by atoms with Gasteiger partial charge in [0.2, 0.25) is 11.8 Å². The molecule has 4 atom stereocenters. The zero-order valence-corrected chi connectivity index (χ0v) is 55.0. The average molecular weight is 1270 g/mol. The molecule has 4 aromatic carbocycles. The molecule has 0 saturated carbocycles. The molecule has 24 nitrogen and oxygen atoms in total. The summed E-state index contributed by atoms with van der Waals surface area (Å²) in [4.78, 5) is 81.8. The van der Waals surface area contributed by atoms with Gasteiger partial charge < -0.3 is 41.7 Å². The van der Waals surface area contributed by atoms with Gasteiger partial charge in [-0.15, -0.1) is 20.4 Å². The molecule has 6 amide bonds. The van der Waals surface area contributed by atoms with Crippen LogP contribution in [0.3, 0.4) is 0 Å². The van der Waals surface area contributed by atoms with E-state index in [4.69, 9.17) is 0 Å². The highest BCUT2D eigenvalue weighted by Gasteiger charge is 2.50. The second kappa shape index (κ2) is 30.0. The summed E-state index contributed by atoms with van der Waals surface area (Å²) < 4.78 is 0. The summed E-state index contributed by atoms with van der Waals surface area (Å²) in [6.45, 7) is 21.5. The third kappa shape index (κ3) is 14.5. The zero-order chi connectivity index (χ0) is 66.6. The van der Waals surface area contributed by atoms with Crippen LogP contribution in [-0.4, -0.2) is 163 Å². The van der Waals surface area contributed by atoms with Crippen molar-refractivity contribution in [2.45, 2.75) is 162 Å². The lowest BCUT2D eigenvalue weighted by Crippen LogP contribution is -2.51. The number of aromatic nitrogens is 8. The maximum absolute atomic E-state index is 13.4. The number of amides is 6. The van der Waals surface area contributed by atoms with Crippen molar-refractivity contribution in [2.24, 2.45) is 11.3 Å². The third-order valence-electron chi connectivity index (χ3n) is 18.8. The Labute approximate surface area is 544 Å². The first-order chi connectivity index (χ1) is 44.8. The number of tetrazole rings is 2. The number of nitrogens with zero attached hydrogens (tertiary/aromatic N) is 10. The monoisotopic (exact) mass is 1260 g/mol. The summed E-state index contributed by atoms with van der Waals surface area (Å²) in [6, 6.07) is 26.4. The fourth-order valence-corrected chi connectivity index (χ4v) is 14.0. The number of aryl methyl sites for hydroxylation is 4. The fraction of sp³-hybridized carbons (Fsp3) is 0.507. The number of carbonyl (C=O) groups excluding carboxylic acids is 6. The Hall–Kier alpha value is -9.26. The first kappa shape index (κ1) is 68.1. The molecule has 4 heterocycles. The van der Waals surface area contributed by atoms with E-state index in [1.165, 1.54) is 0 Å². The van der Waals surface area contributed by atoms with Crippen LogP contribution in [0.4, 0.5) is 0 Å². The molecule has 0 bridgehead atoms. The minimum atomic E-state index is -0.954. The van der Waals surface area contributed by atoms with Gasteiger partial charge >= 0.3 is 0 Å². The summed E-state index contributed by atoms with van der Waals surface area (Å²) in [5, 5.41) is 69.5. The van der Waals surface area contributed by atoms with Crippen molar-refractivity contribution in [3.8, 4) is 12.1 Å². The van der Waals surface area contributed by atoms with E-state index in [1.54, 1.807) is 9.80 Å². The number of likely N-dealkylation sites (tertiary alicyclic amines) is 2. The molecule has 4 aliphatic rings. The van der Waals surface area contributed by atoms with Gasteiger partial charge in [0.05, 0.1) is 36.1 Å². The Morgan fingerprint density at radius 1 is 0.548 bits per heavy atom. The fourth-order valence-electron chi connectivity index (χ4n) is 14.0. The van der Waals surface area contributed by atoms with Crippen molar-refractivity contribution >= 4 is 35.4 Å². The van der Waals surface area contributed by atoms with Crippen LogP contribution < -0.4 is 31.9 Å². The Kier molecular flexibility index (Phi) is 22.0. The van der Waals surface area contributed by atoms with Crippen LogP contribution in [0, 0.1) is 34.0 Å². The van der Waals surface area contributed by atoms with E-state index in [0.29, 0.717) is 125 Å². The molecule has 0 spiro atoms. The zero-order valence-electron chi connectivity index (χ0n) is 55.0. The smallest absolute Gasteiger partial charge is 0.251 e. The molecule has 2 aliphatic carbocycles. The first-order valence-electron chi connectivity index (χ1n) is 32.8. The van der Waals surface area contributed by atoms with Crippen LogP contribution in [0.5, 0.6) is 0 Å². The molecule has 2 saturated heterocycles. The Balaban J connectivity index is 0.000000219. The maximum Gasteiger partial charge on any atom is 0.251 e. The first-order valence-corrected chi connectivity index (χ1v) is 32.8. The number of benzene rings is 4. The molecule has 6 aromatic rings. The second-order valence-electron chi connectivity index (χ2n) is 25.9. The van der Waals surface area contributed by atoms with E-state index in [2.05, 4.69) is 120 Å². The lowest BCUT2D eigenvalue weighted by atomic mass is 9.64. The van der Waals surface area contributed by atoms with Gasteiger partial charge in [0.15, 0.2) is 11.6 Å². The van der Waals surface area contributed by atoms with Gasteiger partial charge in [-0.25, -0.2) is 0 Å². The Bertz CT molecular complexity index is 3610. The molecule has 490 valence electrons. The van der Waals surface area contributed by atoms with Gasteiger partial charge in [-0.05, 0) is 196 Å². The standard InChI is InChI=1S/C35H45N9O3.C34H43N9O3/c1-6-37-31(46)24-12-14-27-22(17-24)10-11-23-18-25(32(47)38-7-2)13-15-28(23)35(27,33-40-42-43-41-33)19-29(34(3,4)5)39-21-30(45)44-16-8-9-26(44)20-36;1-5-36-31(45)24-11-13-27-22(16-24)9-10-23-17-25(32(46)37-6-2)12-14-28(23)34(27,33-39-41-42-40-33)18-29(21(3)4)38-20-30(44)43-15-7-8-26(43)19-35/h12-15,17-18,26,29,39H,6-11,16,19,21H2,1-5H3,(H,37,46)(H,38,47)(H,40,41,42,43);11-14,16-17,21,26,29,38H,5-10,15,18,20H2,1-4H3,(H,36,45)(H,37,46)(H,39,40,41,42)/t2*26-,29+/m00/s1. The molecule has 2 aromatic heterocycles. The van der Waals surface area contributed by atoms with Gasteiger partial charge in [-0.3, -0.25) is 28.8 Å². The van der Waals surface area contributed by atoms with Crippen molar-refractivity contribution in [3.63, 3.8) is 0 Å². The lowest BCUT2D eigenvalue weighted by Gasteiger charge is -2.41. The number of nitrogens with one attached hydrogen (secondary N) is 8. The molecule has 93 heavy (non-hydrogen) atoms. The summed E-state index contributed by atoms with van der Waals surface area (Å²) in [7, 11) is 0.